The molecule has 1 atom stereocenters. The van der Waals surface area contributed by atoms with E-state index in [-0.39, 0.29) is 41.2 Å². The Hall–Kier alpha value is -2.49. The molecule has 7 nitrogen and oxygen atoms in total. The SMILES string of the molecule is C[C@@H](NC(=O)[C@H]1CC[C@H](NS(=O)(=O)c2ccc(CN)c(N)c2)CC1)c1ccc(F)cc1. The van der Waals surface area contributed by atoms with Crippen molar-refractivity contribution < 1.29 is 17.6 Å². The van der Waals surface area contributed by atoms with Crippen molar-refractivity contribution in [3.05, 3.63) is 59.4 Å². The molecule has 1 aliphatic carbocycles. The number of nitrogens with two attached hydrogens (primary N) is 2. The second-order valence-corrected chi connectivity index (χ2v) is 9.73. The summed E-state index contributed by atoms with van der Waals surface area (Å²) in [5.41, 5.74) is 13.3. The lowest BCUT2D eigenvalue weighted by Crippen LogP contribution is -2.41. The van der Waals surface area contributed by atoms with Crippen molar-refractivity contribution in [3.63, 3.8) is 0 Å². The van der Waals surface area contributed by atoms with Crippen LogP contribution in [0.5, 0.6) is 0 Å². The van der Waals surface area contributed by atoms with E-state index in [9.17, 15) is 17.6 Å². The summed E-state index contributed by atoms with van der Waals surface area (Å²) in [6.45, 7) is 2.10. The molecule has 0 radical (unpaired) electrons. The van der Waals surface area contributed by atoms with Crippen molar-refractivity contribution in [1.82, 2.24) is 10.0 Å². The highest BCUT2D eigenvalue weighted by atomic mass is 32.2. The number of carbonyl (C=O) groups is 1. The molecule has 0 aliphatic heterocycles. The quantitative estimate of drug-likeness (QED) is 0.484. The number of nitrogens with one attached hydrogen (secondary N) is 2. The van der Waals surface area contributed by atoms with E-state index in [2.05, 4.69) is 10.0 Å². The number of sulfonamides is 1. The Bertz CT molecular complexity index is 1020. The summed E-state index contributed by atoms with van der Waals surface area (Å²) in [6, 6.07) is 10.1. The highest BCUT2D eigenvalue weighted by molar-refractivity contribution is 7.89. The minimum atomic E-state index is -3.71. The molecule has 0 spiro atoms. The summed E-state index contributed by atoms with van der Waals surface area (Å²) in [7, 11) is -3.71. The van der Waals surface area contributed by atoms with Crippen molar-refractivity contribution in [1.29, 1.82) is 0 Å². The van der Waals surface area contributed by atoms with E-state index in [1.807, 2.05) is 6.92 Å². The molecular weight excluding hydrogens is 419 g/mol. The monoisotopic (exact) mass is 448 g/mol. The Kier molecular flexibility index (Phi) is 7.30. The van der Waals surface area contributed by atoms with Gasteiger partial charge in [-0.05, 0) is 68.0 Å². The van der Waals surface area contributed by atoms with Crippen LogP contribution in [-0.2, 0) is 21.4 Å². The zero-order valence-corrected chi connectivity index (χ0v) is 18.3. The molecule has 1 fully saturated rings. The van der Waals surface area contributed by atoms with Crippen LogP contribution in [0.3, 0.4) is 0 Å². The molecule has 6 N–H and O–H groups in total. The Morgan fingerprint density at radius 3 is 2.35 bits per heavy atom. The summed E-state index contributed by atoms with van der Waals surface area (Å²) >= 11 is 0. The van der Waals surface area contributed by atoms with Crippen LogP contribution in [0, 0.1) is 11.7 Å². The molecule has 1 amide bonds. The Morgan fingerprint density at radius 1 is 1.13 bits per heavy atom. The smallest absolute Gasteiger partial charge is 0.240 e. The third-order valence-electron chi connectivity index (χ3n) is 5.80. The maximum Gasteiger partial charge on any atom is 0.240 e. The molecule has 1 saturated carbocycles. The van der Waals surface area contributed by atoms with E-state index in [1.54, 1.807) is 18.2 Å². The third-order valence-corrected chi connectivity index (χ3v) is 7.31. The van der Waals surface area contributed by atoms with E-state index < -0.39 is 10.0 Å². The molecule has 0 heterocycles. The molecule has 2 aromatic rings. The van der Waals surface area contributed by atoms with Crippen LogP contribution in [0.4, 0.5) is 10.1 Å². The predicted octanol–water partition coefficient (Wildman–Crippen LogP) is 2.58. The van der Waals surface area contributed by atoms with Gasteiger partial charge in [-0.2, -0.15) is 0 Å². The molecule has 0 aromatic heterocycles. The summed E-state index contributed by atoms with van der Waals surface area (Å²) in [4.78, 5) is 12.7. The maximum atomic E-state index is 13.1. The first-order valence-electron chi connectivity index (χ1n) is 10.4. The number of rotatable bonds is 7. The number of carbonyl (C=O) groups excluding carboxylic acids is 1. The summed E-state index contributed by atoms with van der Waals surface area (Å²) in [6.07, 6.45) is 2.31. The fourth-order valence-electron chi connectivity index (χ4n) is 3.85. The minimum absolute atomic E-state index is 0.0664. The van der Waals surface area contributed by atoms with Crippen LogP contribution in [0.2, 0.25) is 0 Å². The van der Waals surface area contributed by atoms with Gasteiger partial charge in [0.2, 0.25) is 15.9 Å². The molecule has 31 heavy (non-hydrogen) atoms. The second kappa shape index (κ2) is 9.76. The van der Waals surface area contributed by atoms with Gasteiger partial charge in [-0.15, -0.1) is 0 Å². The topological polar surface area (TPSA) is 127 Å². The van der Waals surface area contributed by atoms with E-state index >= 15 is 0 Å². The van der Waals surface area contributed by atoms with Gasteiger partial charge in [-0.25, -0.2) is 17.5 Å². The number of anilines is 1. The van der Waals surface area contributed by atoms with Crippen LogP contribution in [-0.4, -0.2) is 20.4 Å². The van der Waals surface area contributed by atoms with Gasteiger partial charge in [0.1, 0.15) is 5.82 Å². The maximum absolute atomic E-state index is 13.1. The second-order valence-electron chi connectivity index (χ2n) is 8.02. The molecular formula is C22H29FN4O3S. The fourth-order valence-corrected chi connectivity index (χ4v) is 5.19. The third kappa shape index (κ3) is 5.81. The molecule has 9 heteroatoms. The first-order valence-corrected chi connectivity index (χ1v) is 11.8. The number of nitrogen functional groups attached to an aromatic ring is 1. The zero-order valence-electron chi connectivity index (χ0n) is 17.5. The van der Waals surface area contributed by atoms with Gasteiger partial charge in [0, 0.05) is 24.2 Å². The van der Waals surface area contributed by atoms with Gasteiger partial charge in [0.05, 0.1) is 10.9 Å². The van der Waals surface area contributed by atoms with Gasteiger partial charge < -0.3 is 16.8 Å². The predicted molar refractivity (Wildman–Crippen MR) is 118 cm³/mol. The highest BCUT2D eigenvalue weighted by Gasteiger charge is 2.30. The van der Waals surface area contributed by atoms with Crippen LogP contribution < -0.4 is 21.5 Å². The van der Waals surface area contributed by atoms with Gasteiger partial charge in [0.25, 0.3) is 0 Å². The van der Waals surface area contributed by atoms with E-state index in [0.29, 0.717) is 36.9 Å². The highest BCUT2D eigenvalue weighted by Crippen LogP contribution is 2.27. The molecule has 0 bridgehead atoms. The molecule has 168 valence electrons. The summed E-state index contributed by atoms with van der Waals surface area (Å²) in [5.74, 6) is -0.563. The molecule has 2 aromatic carbocycles. The normalized spacial score (nSPS) is 20.2. The van der Waals surface area contributed by atoms with E-state index in [4.69, 9.17) is 11.5 Å². The Morgan fingerprint density at radius 2 is 1.77 bits per heavy atom. The van der Waals surface area contributed by atoms with E-state index in [0.717, 1.165) is 5.56 Å². The lowest BCUT2D eigenvalue weighted by molar-refractivity contribution is -0.126. The minimum Gasteiger partial charge on any atom is -0.398 e. The molecule has 0 unspecified atom stereocenters. The average molecular weight is 449 g/mol. The average Bonchev–Trinajstić information content (AvgIpc) is 2.74. The number of hydrogen-bond acceptors (Lipinski definition) is 5. The van der Waals surface area contributed by atoms with Crippen molar-refractivity contribution in [3.8, 4) is 0 Å². The van der Waals surface area contributed by atoms with Crippen LogP contribution in [0.25, 0.3) is 0 Å². The summed E-state index contributed by atoms with van der Waals surface area (Å²) in [5, 5.41) is 2.97. The van der Waals surface area contributed by atoms with Crippen LogP contribution in [0.1, 0.15) is 49.8 Å². The molecule has 3 rings (SSSR count). The van der Waals surface area contributed by atoms with Crippen molar-refractivity contribution in [2.75, 3.05) is 5.73 Å². The summed E-state index contributed by atoms with van der Waals surface area (Å²) < 4.78 is 41.2. The van der Waals surface area contributed by atoms with Crippen molar-refractivity contribution >= 4 is 21.6 Å². The molecule has 1 aliphatic rings. The fraction of sp³-hybridized carbons (Fsp3) is 0.409. The van der Waals surface area contributed by atoms with Gasteiger partial charge in [-0.1, -0.05) is 18.2 Å². The number of benzene rings is 2. The number of hydrogen-bond donors (Lipinski definition) is 4. The van der Waals surface area contributed by atoms with Gasteiger partial charge in [0.15, 0.2) is 0 Å². The standard InChI is InChI=1S/C22H29FN4O3S/c1-14(15-2-7-18(23)8-3-15)26-22(28)16-4-9-19(10-5-16)27-31(29,30)20-11-6-17(13-24)21(25)12-20/h2-3,6-8,11-12,14,16,19,27H,4-5,9-10,13,24-25H2,1H3,(H,26,28)/t14-,16-,19-/m1/s1. The lowest BCUT2D eigenvalue weighted by Gasteiger charge is -2.29. The van der Waals surface area contributed by atoms with Crippen LogP contribution in [0.15, 0.2) is 47.4 Å². The van der Waals surface area contributed by atoms with Gasteiger partial charge >= 0.3 is 0 Å². The Balaban J connectivity index is 1.53. The van der Waals surface area contributed by atoms with E-state index in [1.165, 1.54) is 24.3 Å². The first kappa shape index (κ1) is 23.2. The number of amides is 1. The van der Waals surface area contributed by atoms with Crippen LogP contribution >= 0.6 is 0 Å². The Labute approximate surface area is 182 Å². The van der Waals surface area contributed by atoms with Gasteiger partial charge in [-0.3, -0.25) is 4.79 Å². The largest absolute Gasteiger partial charge is 0.398 e. The van der Waals surface area contributed by atoms with Crippen molar-refractivity contribution in [2.45, 2.75) is 56.1 Å². The molecule has 0 saturated heterocycles. The number of halogens is 1. The lowest BCUT2D eigenvalue weighted by atomic mass is 9.85. The first-order chi connectivity index (χ1) is 14.7. The van der Waals surface area contributed by atoms with Crippen molar-refractivity contribution in [2.24, 2.45) is 11.7 Å². The zero-order chi connectivity index (χ0) is 22.6.